The van der Waals surface area contributed by atoms with Gasteiger partial charge in [0, 0.05) is 17.6 Å². The summed E-state index contributed by atoms with van der Waals surface area (Å²) in [7, 11) is 0. The zero-order valence-corrected chi connectivity index (χ0v) is 16.5. The molecule has 0 spiro atoms. The monoisotopic (exact) mass is 384 g/mol. The van der Waals surface area contributed by atoms with Crippen LogP contribution in [0.5, 0.6) is 5.88 Å². The molecule has 0 aliphatic rings. The fraction of sp³-hybridized carbons (Fsp3) is 0.692. The van der Waals surface area contributed by atoms with Crippen LogP contribution in [0.15, 0.2) is 6.07 Å². The Kier molecular flexibility index (Phi) is 9.17. The standard InChI is InChI=1S/C13H22ClN2O3PS2/c1-5-7-21-20(17,18-6-2)22-9-11-8-12(19-10(3)4)16-13(14)15-11/h8,10H,5-7,9H2,1-4H3. The molecule has 1 rings (SSSR count). The van der Waals surface area contributed by atoms with Gasteiger partial charge in [0.1, 0.15) is 0 Å². The van der Waals surface area contributed by atoms with Gasteiger partial charge in [-0.2, -0.15) is 4.98 Å². The Morgan fingerprint density at radius 3 is 2.64 bits per heavy atom. The number of hydrogen-bond donors (Lipinski definition) is 0. The van der Waals surface area contributed by atoms with Gasteiger partial charge in [0.25, 0.3) is 0 Å². The van der Waals surface area contributed by atoms with E-state index in [9.17, 15) is 4.57 Å². The van der Waals surface area contributed by atoms with E-state index in [1.165, 1.54) is 22.8 Å². The second kappa shape index (κ2) is 10.0. The van der Waals surface area contributed by atoms with Crippen molar-refractivity contribution in [3.63, 3.8) is 0 Å². The number of halogens is 1. The normalized spacial score (nSPS) is 14.1. The van der Waals surface area contributed by atoms with E-state index in [0.717, 1.165) is 12.2 Å². The minimum absolute atomic E-state index is 0.00102. The Labute approximate surface area is 145 Å². The second-order valence-corrected chi connectivity index (χ2v) is 12.4. The molecule has 0 radical (unpaired) electrons. The van der Waals surface area contributed by atoms with Gasteiger partial charge in [-0.05, 0) is 38.8 Å². The Morgan fingerprint density at radius 2 is 2.05 bits per heavy atom. The van der Waals surface area contributed by atoms with Gasteiger partial charge in [-0.15, -0.1) is 0 Å². The van der Waals surface area contributed by atoms with Crippen molar-refractivity contribution >= 4 is 40.1 Å². The smallest absolute Gasteiger partial charge is 0.313 e. The highest BCUT2D eigenvalue weighted by molar-refractivity contribution is 8.89. The van der Waals surface area contributed by atoms with Gasteiger partial charge in [0.15, 0.2) is 0 Å². The zero-order valence-electron chi connectivity index (χ0n) is 13.2. The van der Waals surface area contributed by atoms with Gasteiger partial charge >= 0.3 is 5.77 Å². The fourth-order valence-electron chi connectivity index (χ4n) is 1.44. The molecule has 0 fully saturated rings. The quantitative estimate of drug-likeness (QED) is 0.393. The summed E-state index contributed by atoms with van der Waals surface area (Å²) in [5.41, 5.74) is 0.678. The van der Waals surface area contributed by atoms with E-state index in [1.807, 2.05) is 27.7 Å². The van der Waals surface area contributed by atoms with E-state index >= 15 is 0 Å². The van der Waals surface area contributed by atoms with Crippen molar-refractivity contribution in [3.8, 4) is 5.88 Å². The van der Waals surface area contributed by atoms with E-state index in [1.54, 1.807) is 6.07 Å². The SMILES string of the molecule is CCCSP(=O)(OCC)SCc1cc(OC(C)C)nc(Cl)n1. The molecule has 1 aromatic heterocycles. The van der Waals surface area contributed by atoms with E-state index in [2.05, 4.69) is 9.97 Å². The molecule has 9 heteroatoms. The van der Waals surface area contributed by atoms with Gasteiger partial charge in [-0.25, -0.2) is 4.98 Å². The molecule has 0 aromatic carbocycles. The van der Waals surface area contributed by atoms with Crippen molar-refractivity contribution in [2.24, 2.45) is 0 Å². The molecule has 1 unspecified atom stereocenters. The van der Waals surface area contributed by atoms with E-state index in [0.29, 0.717) is 23.9 Å². The average Bonchev–Trinajstić information content (AvgIpc) is 2.42. The average molecular weight is 385 g/mol. The number of nitrogens with zero attached hydrogens (tertiary/aromatic N) is 2. The maximum atomic E-state index is 12.7. The van der Waals surface area contributed by atoms with Crippen LogP contribution in [0.1, 0.15) is 39.8 Å². The van der Waals surface area contributed by atoms with Gasteiger partial charge < -0.3 is 9.26 Å². The summed E-state index contributed by atoms with van der Waals surface area (Å²) in [5, 5.41) is 0.126. The molecule has 5 nitrogen and oxygen atoms in total. The van der Waals surface area contributed by atoms with Crippen LogP contribution in [0, 0.1) is 0 Å². The fourth-order valence-corrected chi connectivity index (χ4v) is 8.22. The van der Waals surface area contributed by atoms with Crippen LogP contribution < -0.4 is 4.74 Å². The molecule has 0 aliphatic heterocycles. The number of ether oxygens (including phenoxy) is 1. The lowest BCUT2D eigenvalue weighted by Gasteiger charge is -2.16. The van der Waals surface area contributed by atoms with Crippen molar-refractivity contribution in [2.45, 2.75) is 46.0 Å². The third kappa shape index (κ3) is 7.55. The van der Waals surface area contributed by atoms with Crippen LogP contribution >= 0.6 is 40.1 Å². The molecule has 126 valence electrons. The van der Waals surface area contributed by atoms with Crippen LogP contribution in [-0.2, 0) is 14.8 Å². The van der Waals surface area contributed by atoms with Gasteiger partial charge in [0.2, 0.25) is 11.2 Å². The highest BCUT2D eigenvalue weighted by Gasteiger charge is 2.24. The molecular formula is C13H22ClN2O3PS2. The highest BCUT2D eigenvalue weighted by atomic mass is 35.5. The summed E-state index contributed by atoms with van der Waals surface area (Å²) in [6.45, 7) is 8.14. The molecular weight excluding hydrogens is 363 g/mol. The molecule has 0 saturated carbocycles. The molecule has 1 heterocycles. The van der Waals surface area contributed by atoms with Crippen LogP contribution in [0.25, 0.3) is 0 Å². The van der Waals surface area contributed by atoms with E-state index in [4.69, 9.17) is 20.9 Å². The first-order valence-corrected chi connectivity index (χ1v) is 12.3. The van der Waals surface area contributed by atoms with Crippen LogP contribution in [0.2, 0.25) is 5.28 Å². The summed E-state index contributed by atoms with van der Waals surface area (Å²) in [5.74, 6) is -1.10. The Hall–Kier alpha value is 0.0600. The summed E-state index contributed by atoms with van der Waals surface area (Å²) in [4.78, 5) is 8.17. The van der Waals surface area contributed by atoms with Gasteiger partial charge in [-0.3, -0.25) is 4.57 Å². The third-order valence-corrected chi connectivity index (χ3v) is 9.95. The van der Waals surface area contributed by atoms with Crippen molar-refractivity contribution in [1.82, 2.24) is 9.97 Å². The summed E-state index contributed by atoms with van der Waals surface area (Å²) >= 11 is 8.56. The number of aromatic nitrogens is 2. The van der Waals surface area contributed by atoms with Crippen molar-refractivity contribution < 1.29 is 13.8 Å². The Balaban J connectivity index is 2.76. The van der Waals surface area contributed by atoms with E-state index < -0.39 is 5.77 Å². The largest absolute Gasteiger partial charge is 0.475 e. The summed E-state index contributed by atoms with van der Waals surface area (Å²) in [6.07, 6.45) is 0.953. The zero-order chi connectivity index (χ0) is 16.6. The molecule has 0 bridgehead atoms. The Bertz CT molecular complexity index is 520. The first-order valence-electron chi connectivity index (χ1n) is 7.12. The second-order valence-electron chi connectivity index (χ2n) is 4.60. The predicted molar refractivity (Wildman–Crippen MR) is 96.1 cm³/mol. The minimum atomic E-state index is -2.77. The lowest BCUT2D eigenvalue weighted by molar-refractivity contribution is 0.232. The molecule has 0 saturated heterocycles. The lowest BCUT2D eigenvalue weighted by atomic mass is 10.4. The molecule has 1 aromatic rings. The topological polar surface area (TPSA) is 61.3 Å². The van der Waals surface area contributed by atoms with Crippen LogP contribution in [0.4, 0.5) is 0 Å². The van der Waals surface area contributed by atoms with Crippen LogP contribution in [0.3, 0.4) is 0 Å². The highest BCUT2D eigenvalue weighted by Crippen LogP contribution is 2.70. The van der Waals surface area contributed by atoms with Crippen molar-refractivity contribution in [2.75, 3.05) is 12.4 Å². The van der Waals surface area contributed by atoms with Gasteiger partial charge in [0.05, 0.1) is 18.4 Å². The first-order chi connectivity index (χ1) is 10.4. The summed E-state index contributed by atoms with van der Waals surface area (Å²) in [6, 6.07) is 1.72. The first kappa shape index (κ1) is 20.1. The molecule has 0 N–H and O–H groups in total. The maximum Gasteiger partial charge on any atom is 0.313 e. The number of rotatable bonds is 10. The lowest BCUT2D eigenvalue weighted by Crippen LogP contribution is -2.08. The van der Waals surface area contributed by atoms with Crippen molar-refractivity contribution in [3.05, 3.63) is 17.0 Å². The molecule has 0 aliphatic carbocycles. The third-order valence-electron chi connectivity index (χ3n) is 2.20. The summed E-state index contributed by atoms with van der Waals surface area (Å²) < 4.78 is 23.7. The molecule has 1 atom stereocenters. The number of hydrogen-bond acceptors (Lipinski definition) is 7. The predicted octanol–water partition coefficient (Wildman–Crippen LogP) is 5.44. The molecule has 22 heavy (non-hydrogen) atoms. The minimum Gasteiger partial charge on any atom is -0.475 e. The molecule has 0 amide bonds. The van der Waals surface area contributed by atoms with Crippen LogP contribution in [-0.4, -0.2) is 28.4 Å². The Morgan fingerprint density at radius 1 is 1.32 bits per heavy atom. The maximum absolute atomic E-state index is 12.7. The van der Waals surface area contributed by atoms with Gasteiger partial charge in [-0.1, -0.05) is 29.7 Å². The van der Waals surface area contributed by atoms with Crippen molar-refractivity contribution in [1.29, 1.82) is 0 Å². The van der Waals surface area contributed by atoms with E-state index in [-0.39, 0.29) is 11.4 Å².